The van der Waals surface area contributed by atoms with Crippen LogP contribution in [0.3, 0.4) is 0 Å². The Kier molecular flexibility index (Phi) is 4.98. The van der Waals surface area contributed by atoms with Crippen LogP contribution < -0.4 is 5.43 Å². The van der Waals surface area contributed by atoms with Gasteiger partial charge in [-0.15, -0.1) is 0 Å². The Hall–Kier alpha value is -2.14. The van der Waals surface area contributed by atoms with Gasteiger partial charge in [-0.1, -0.05) is 12.1 Å². The lowest BCUT2D eigenvalue weighted by Crippen LogP contribution is -2.43. The maximum atomic E-state index is 12.5. The van der Waals surface area contributed by atoms with Crippen LogP contribution in [0.15, 0.2) is 41.3 Å². The number of aliphatic hydroxyl groups excluding tert-OH is 1. The number of fused-ring (bicyclic) bond motifs is 1. The standard InChI is InChI=1S/C17H22N2O3/c1-12(2)19(10-13(3)20)17(22)11-18-9-8-16(21)14-6-4-5-7-15(14)18/h4-9,12-13,20H,10-11H2,1-3H3. The van der Waals surface area contributed by atoms with E-state index in [4.69, 9.17) is 0 Å². The summed E-state index contributed by atoms with van der Waals surface area (Å²) < 4.78 is 1.77. The highest BCUT2D eigenvalue weighted by Crippen LogP contribution is 2.11. The predicted octanol–water partition coefficient (Wildman–Crippen LogP) is 1.62. The molecule has 0 spiro atoms. The monoisotopic (exact) mass is 302 g/mol. The minimum Gasteiger partial charge on any atom is -0.392 e. The Labute approximate surface area is 129 Å². The van der Waals surface area contributed by atoms with Crippen LogP contribution in [0.25, 0.3) is 10.9 Å². The molecule has 1 aromatic heterocycles. The fourth-order valence-corrected chi connectivity index (χ4v) is 2.52. The van der Waals surface area contributed by atoms with Gasteiger partial charge >= 0.3 is 0 Å². The maximum absolute atomic E-state index is 12.5. The molecule has 0 bridgehead atoms. The molecule has 2 rings (SSSR count). The summed E-state index contributed by atoms with van der Waals surface area (Å²) in [6, 6.07) is 8.73. The first-order chi connectivity index (χ1) is 10.4. The molecular weight excluding hydrogens is 280 g/mol. The van der Waals surface area contributed by atoms with E-state index in [1.807, 2.05) is 32.0 Å². The number of nitrogens with zero attached hydrogens (tertiary/aromatic N) is 2. The van der Waals surface area contributed by atoms with E-state index >= 15 is 0 Å². The van der Waals surface area contributed by atoms with Crippen molar-refractivity contribution in [2.24, 2.45) is 0 Å². The van der Waals surface area contributed by atoms with Crippen LogP contribution in [0.4, 0.5) is 0 Å². The van der Waals surface area contributed by atoms with Crippen molar-refractivity contribution in [3.63, 3.8) is 0 Å². The molecule has 0 aliphatic heterocycles. The van der Waals surface area contributed by atoms with Gasteiger partial charge in [-0.3, -0.25) is 9.59 Å². The van der Waals surface area contributed by atoms with Crippen molar-refractivity contribution in [2.45, 2.75) is 39.5 Å². The molecule has 1 unspecified atom stereocenters. The molecule has 1 amide bonds. The van der Waals surface area contributed by atoms with Crippen LogP contribution >= 0.6 is 0 Å². The highest BCUT2D eigenvalue weighted by Gasteiger charge is 2.19. The zero-order valence-electron chi connectivity index (χ0n) is 13.2. The molecule has 22 heavy (non-hydrogen) atoms. The van der Waals surface area contributed by atoms with Gasteiger partial charge in [0, 0.05) is 30.2 Å². The summed E-state index contributed by atoms with van der Waals surface area (Å²) in [5, 5.41) is 10.2. The summed E-state index contributed by atoms with van der Waals surface area (Å²) in [7, 11) is 0. The van der Waals surface area contributed by atoms with E-state index in [-0.39, 0.29) is 23.9 Å². The Morgan fingerprint density at radius 1 is 1.23 bits per heavy atom. The van der Waals surface area contributed by atoms with Crippen molar-refractivity contribution in [1.82, 2.24) is 9.47 Å². The molecule has 0 saturated heterocycles. The number of carbonyl (C=O) groups is 1. The van der Waals surface area contributed by atoms with Crippen LogP contribution in [0, 0.1) is 0 Å². The summed E-state index contributed by atoms with van der Waals surface area (Å²) in [6.07, 6.45) is 1.07. The van der Waals surface area contributed by atoms with Crippen molar-refractivity contribution in [3.8, 4) is 0 Å². The summed E-state index contributed by atoms with van der Waals surface area (Å²) in [4.78, 5) is 26.0. The van der Waals surface area contributed by atoms with E-state index in [2.05, 4.69) is 0 Å². The second-order valence-corrected chi connectivity index (χ2v) is 5.81. The number of benzene rings is 1. The number of pyridine rings is 1. The second-order valence-electron chi connectivity index (χ2n) is 5.81. The van der Waals surface area contributed by atoms with Crippen LogP contribution in [0.1, 0.15) is 20.8 Å². The maximum Gasteiger partial charge on any atom is 0.242 e. The molecule has 1 heterocycles. The highest BCUT2D eigenvalue weighted by atomic mass is 16.3. The van der Waals surface area contributed by atoms with Crippen LogP contribution in [-0.4, -0.2) is 39.2 Å². The third-order valence-electron chi connectivity index (χ3n) is 3.60. The quantitative estimate of drug-likeness (QED) is 0.913. The summed E-state index contributed by atoms with van der Waals surface area (Å²) in [6.45, 7) is 5.95. The molecular formula is C17H22N2O3. The van der Waals surface area contributed by atoms with Gasteiger partial charge < -0.3 is 14.6 Å². The van der Waals surface area contributed by atoms with Crippen LogP contribution in [0.5, 0.6) is 0 Å². The molecule has 0 saturated carbocycles. The van der Waals surface area contributed by atoms with E-state index in [0.717, 1.165) is 5.52 Å². The van der Waals surface area contributed by atoms with E-state index in [0.29, 0.717) is 11.9 Å². The zero-order chi connectivity index (χ0) is 16.3. The summed E-state index contributed by atoms with van der Waals surface area (Å²) in [5.41, 5.74) is 0.688. The second kappa shape index (κ2) is 6.75. The zero-order valence-corrected chi connectivity index (χ0v) is 13.2. The normalized spacial score (nSPS) is 12.6. The third-order valence-corrected chi connectivity index (χ3v) is 3.60. The molecule has 0 radical (unpaired) electrons. The SMILES string of the molecule is CC(O)CN(C(=O)Cn1ccc(=O)c2ccccc21)C(C)C. The topological polar surface area (TPSA) is 62.5 Å². The van der Waals surface area contributed by atoms with E-state index in [9.17, 15) is 14.7 Å². The van der Waals surface area contributed by atoms with Crippen LogP contribution in [0.2, 0.25) is 0 Å². The fraction of sp³-hybridized carbons (Fsp3) is 0.412. The molecule has 1 aromatic carbocycles. The number of amides is 1. The van der Waals surface area contributed by atoms with Crippen molar-refractivity contribution in [2.75, 3.05) is 6.54 Å². The molecule has 118 valence electrons. The van der Waals surface area contributed by atoms with Crippen LogP contribution in [-0.2, 0) is 11.3 Å². The first-order valence-electron chi connectivity index (χ1n) is 7.46. The van der Waals surface area contributed by atoms with Gasteiger partial charge in [0.15, 0.2) is 5.43 Å². The average molecular weight is 302 g/mol. The van der Waals surface area contributed by atoms with Gasteiger partial charge in [-0.25, -0.2) is 0 Å². The van der Waals surface area contributed by atoms with Crippen molar-refractivity contribution < 1.29 is 9.90 Å². The third kappa shape index (κ3) is 3.54. The van der Waals surface area contributed by atoms with Crippen molar-refractivity contribution in [1.29, 1.82) is 0 Å². The van der Waals surface area contributed by atoms with Gasteiger partial charge in [-0.05, 0) is 32.9 Å². The Morgan fingerprint density at radius 3 is 2.55 bits per heavy atom. The van der Waals surface area contributed by atoms with Gasteiger partial charge in [0.2, 0.25) is 5.91 Å². The first-order valence-corrected chi connectivity index (χ1v) is 7.46. The number of hydrogen-bond donors (Lipinski definition) is 1. The smallest absolute Gasteiger partial charge is 0.242 e. The minimum absolute atomic E-state index is 0.00717. The van der Waals surface area contributed by atoms with Gasteiger partial charge in [0.25, 0.3) is 0 Å². The molecule has 2 aromatic rings. The molecule has 5 heteroatoms. The molecule has 1 N–H and O–H groups in total. The van der Waals surface area contributed by atoms with E-state index in [1.165, 1.54) is 6.07 Å². The molecule has 0 aliphatic rings. The Balaban J connectivity index is 2.32. The highest BCUT2D eigenvalue weighted by molar-refractivity contribution is 5.82. The lowest BCUT2D eigenvalue weighted by Gasteiger charge is -2.28. The van der Waals surface area contributed by atoms with Crippen molar-refractivity contribution >= 4 is 16.8 Å². The number of aliphatic hydroxyl groups is 1. The molecule has 1 atom stereocenters. The minimum atomic E-state index is -0.572. The fourth-order valence-electron chi connectivity index (χ4n) is 2.52. The molecule has 0 fully saturated rings. The number of carbonyl (C=O) groups excluding carboxylic acids is 1. The largest absolute Gasteiger partial charge is 0.392 e. The number of rotatable bonds is 5. The predicted molar refractivity (Wildman–Crippen MR) is 86.7 cm³/mol. The van der Waals surface area contributed by atoms with Gasteiger partial charge in [-0.2, -0.15) is 0 Å². The Bertz CT molecular complexity index is 719. The van der Waals surface area contributed by atoms with Gasteiger partial charge in [0.05, 0.1) is 11.6 Å². The van der Waals surface area contributed by atoms with Gasteiger partial charge in [0.1, 0.15) is 6.54 Å². The van der Waals surface area contributed by atoms with Crippen molar-refractivity contribution in [3.05, 3.63) is 46.8 Å². The lowest BCUT2D eigenvalue weighted by atomic mass is 10.2. The summed E-state index contributed by atoms with van der Waals surface area (Å²) in [5.74, 6) is -0.0790. The number of hydrogen-bond acceptors (Lipinski definition) is 3. The molecule has 5 nitrogen and oxygen atoms in total. The summed E-state index contributed by atoms with van der Waals surface area (Å²) >= 11 is 0. The Morgan fingerprint density at radius 2 is 1.91 bits per heavy atom. The first kappa shape index (κ1) is 16.2. The average Bonchev–Trinajstić information content (AvgIpc) is 2.47. The van der Waals surface area contributed by atoms with E-state index in [1.54, 1.807) is 28.7 Å². The number of aromatic nitrogens is 1. The lowest BCUT2D eigenvalue weighted by molar-refractivity contribution is -0.134. The molecule has 0 aliphatic carbocycles. The van der Waals surface area contributed by atoms with E-state index < -0.39 is 6.10 Å². The number of para-hydroxylation sites is 1.